The Labute approximate surface area is 128 Å². The monoisotopic (exact) mass is 305 g/mol. The van der Waals surface area contributed by atoms with Gasteiger partial charge in [-0.15, -0.1) is 0 Å². The lowest BCUT2D eigenvalue weighted by atomic mass is 10.2. The number of carbonyl (C=O) groups is 2. The number of hydrogen-bond donors (Lipinski definition) is 3. The molecule has 0 bridgehead atoms. The van der Waals surface area contributed by atoms with Crippen LogP contribution in [0.3, 0.4) is 0 Å². The molecule has 118 valence electrons. The fourth-order valence-electron chi connectivity index (χ4n) is 1.66. The van der Waals surface area contributed by atoms with Crippen molar-refractivity contribution in [3.8, 4) is 11.8 Å². The average molecular weight is 305 g/mol. The first-order valence-electron chi connectivity index (χ1n) is 6.90. The summed E-state index contributed by atoms with van der Waals surface area (Å²) in [4.78, 5) is 22.2. The maximum Gasteiger partial charge on any atom is 0.319 e. The predicted octanol–water partition coefficient (Wildman–Crippen LogP) is 2.33. The first kappa shape index (κ1) is 17.3. The maximum absolute atomic E-state index is 11.8. The number of nitriles is 1. The SMILES string of the molecule is CC(C)Oc1ccc(C#N)cc1NC(=O)NCCCC(=O)O. The van der Waals surface area contributed by atoms with E-state index in [-0.39, 0.29) is 19.1 Å². The highest BCUT2D eigenvalue weighted by atomic mass is 16.5. The van der Waals surface area contributed by atoms with Crippen LogP contribution in [0.1, 0.15) is 32.3 Å². The van der Waals surface area contributed by atoms with E-state index < -0.39 is 12.0 Å². The number of amides is 2. The van der Waals surface area contributed by atoms with Crippen molar-refractivity contribution in [2.24, 2.45) is 0 Å². The van der Waals surface area contributed by atoms with E-state index in [0.717, 1.165) is 0 Å². The standard InChI is InChI=1S/C15H19N3O4/c1-10(2)22-13-6-5-11(9-16)8-12(13)18-15(21)17-7-3-4-14(19)20/h5-6,8,10H,3-4,7H2,1-2H3,(H,19,20)(H2,17,18,21). The van der Waals surface area contributed by atoms with Crippen LogP contribution in [0.2, 0.25) is 0 Å². The molecule has 0 aliphatic rings. The van der Waals surface area contributed by atoms with Crippen LogP contribution in [-0.2, 0) is 4.79 Å². The molecular formula is C15H19N3O4. The molecule has 2 amide bonds. The Bertz CT molecular complexity index is 579. The molecule has 0 fully saturated rings. The zero-order valence-electron chi connectivity index (χ0n) is 12.5. The number of aliphatic carboxylic acids is 1. The van der Waals surface area contributed by atoms with Crippen LogP contribution in [0, 0.1) is 11.3 Å². The molecule has 1 rings (SSSR count). The molecule has 0 spiro atoms. The molecular weight excluding hydrogens is 286 g/mol. The van der Waals surface area contributed by atoms with Gasteiger partial charge in [0.05, 0.1) is 23.4 Å². The molecule has 3 N–H and O–H groups in total. The number of urea groups is 1. The second-order valence-electron chi connectivity index (χ2n) is 4.87. The van der Waals surface area contributed by atoms with Gasteiger partial charge in [0.15, 0.2) is 0 Å². The third kappa shape index (κ3) is 6.13. The van der Waals surface area contributed by atoms with E-state index in [2.05, 4.69) is 10.6 Å². The van der Waals surface area contributed by atoms with E-state index in [1.54, 1.807) is 12.1 Å². The van der Waals surface area contributed by atoms with Crippen molar-refractivity contribution in [1.82, 2.24) is 5.32 Å². The molecule has 0 saturated heterocycles. The maximum atomic E-state index is 11.8. The minimum Gasteiger partial charge on any atom is -0.489 e. The van der Waals surface area contributed by atoms with E-state index in [9.17, 15) is 9.59 Å². The number of carboxylic acids is 1. The van der Waals surface area contributed by atoms with E-state index in [4.69, 9.17) is 15.1 Å². The number of carbonyl (C=O) groups excluding carboxylic acids is 1. The third-order valence-corrected chi connectivity index (χ3v) is 2.57. The van der Waals surface area contributed by atoms with Gasteiger partial charge in [-0.1, -0.05) is 0 Å². The molecule has 1 aromatic rings. The van der Waals surface area contributed by atoms with Gasteiger partial charge in [0.1, 0.15) is 5.75 Å². The Hall–Kier alpha value is -2.75. The lowest BCUT2D eigenvalue weighted by Gasteiger charge is -2.15. The van der Waals surface area contributed by atoms with Crippen LogP contribution < -0.4 is 15.4 Å². The van der Waals surface area contributed by atoms with Crippen LogP contribution >= 0.6 is 0 Å². The smallest absolute Gasteiger partial charge is 0.319 e. The van der Waals surface area contributed by atoms with Crippen LogP contribution in [0.25, 0.3) is 0 Å². The molecule has 0 heterocycles. The van der Waals surface area contributed by atoms with E-state index in [1.165, 1.54) is 6.07 Å². The van der Waals surface area contributed by atoms with Gasteiger partial charge in [-0.05, 0) is 38.5 Å². The van der Waals surface area contributed by atoms with Crippen molar-refractivity contribution in [2.45, 2.75) is 32.8 Å². The number of hydrogen-bond acceptors (Lipinski definition) is 4. The van der Waals surface area contributed by atoms with Gasteiger partial charge < -0.3 is 20.5 Å². The topological polar surface area (TPSA) is 111 Å². The summed E-state index contributed by atoms with van der Waals surface area (Å²) < 4.78 is 5.57. The van der Waals surface area contributed by atoms with Crippen LogP contribution in [0.15, 0.2) is 18.2 Å². The second-order valence-corrected chi connectivity index (χ2v) is 4.87. The zero-order chi connectivity index (χ0) is 16.5. The van der Waals surface area contributed by atoms with Gasteiger partial charge in [0.2, 0.25) is 0 Å². The molecule has 0 aliphatic carbocycles. The number of benzene rings is 1. The molecule has 0 unspecified atom stereocenters. The summed E-state index contributed by atoms with van der Waals surface area (Å²) in [5.74, 6) is -0.439. The summed E-state index contributed by atoms with van der Waals surface area (Å²) in [5, 5.41) is 22.6. The molecule has 0 saturated carbocycles. The number of nitrogens with one attached hydrogen (secondary N) is 2. The Morgan fingerprint density at radius 1 is 1.41 bits per heavy atom. The van der Waals surface area contributed by atoms with Crippen LogP contribution in [-0.4, -0.2) is 29.8 Å². The molecule has 0 atom stereocenters. The van der Waals surface area contributed by atoms with Gasteiger partial charge in [0.25, 0.3) is 0 Å². The van der Waals surface area contributed by atoms with Crippen molar-refractivity contribution in [1.29, 1.82) is 5.26 Å². The molecule has 0 aliphatic heterocycles. The summed E-state index contributed by atoms with van der Waals surface area (Å²) in [7, 11) is 0. The summed E-state index contributed by atoms with van der Waals surface area (Å²) in [6, 6.07) is 6.27. The van der Waals surface area contributed by atoms with E-state index in [0.29, 0.717) is 23.4 Å². The minimum absolute atomic E-state index is 0.00803. The van der Waals surface area contributed by atoms with Crippen LogP contribution in [0.5, 0.6) is 5.75 Å². The Morgan fingerprint density at radius 3 is 2.73 bits per heavy atom. The van der Waals surface area contributed by atoms with Crippen LogP contribution in [0.4, 0.5) is 10.5 Å². The van der Waals surface area contributed by atoms with Crippen molar-refractivity contribution in [2.75, 3.05) is 11.9 Å². The fraction of sp³-hybridized carbons (Fsp3) is 0.400. The molecule has 7 heteroatoms. The van der Waals surface area contributed by atoms with Gasteiger partial charge in [-0.3, -0.25) is 4.79 Å². The lowest BCUT2D eigenvalue weighted by Crippen LogP contribution is -2.30. The van der Waals surface area contributed by atoms with E-state index >= 15 is 0 Å². The number of anilines is 1. The molecule has 0 aromatic heterocycles. The summed E-state index contributed by atoms with van der Waals surface area (Å²) in [6.45, 7) is 3.96. The van der Waals surface area contributed by atoms with Gasteiger partial charge in [-0.25, -0.2) is 4.79 Å². The highest BCUT2D eigenvalue weighted by Gasteiger charge is 2.10. The van der Waals surface area contributed by atoms with Crippen molar-refractivity contribution in [3.63, 3.8) is 0 Å². The first-order valence-corrected chi connectivity index (χ1v) is 6.90. The molecule has 0 radical (unpaired) electrons. The summed E-state index contributed by atoms with van der Waals surface area (Å²) in [6.07, 6.45) is 0.259. The van der Waals surface area contributed by atoms with Crippen molar-refractivity contribution >= 4 is 17.7 Å². The molecule has 1 aromatic carbocycles. The molecule has 22 heavy (non-hydrogen) atoms. The quantitative estimate of drug-likeness (QED) is 0.669. The first-order chi connectivity index (χ1) is 10.4. The van der Waals surface area contributed by atoms with Gasteiger partial charge in [0, 0.05) is 13.0 Å². The Kier molecular flexibility index (Phi) is 6.70. The third-order valence-electron chi connectivity index (χ3n) is 2.57. The normalized spacial score (nSPS) is 9.91. The van der Waals surface area contributed by atoms with Gasteiger partial charge >= 0.3 is 12.0 Å². The highest BCUT2D eigenvalue weighted by molar-refractivity contribution is 5.91. The number of nitrogens with zero attached hydrogens (tertiary/aromatic N) is 1. The van der Waals surface area contributed by atoms with E-state index in [1.807, 2.05) is 19.9 Å². The number of ether oxygens (including phenoxy) is 1. The fourth-order valence-corrected chi connectivity index (χ4v) is 1.66. The lowest BCUT2D eigenvalue weighted by molar-refractivity contribution is -0.137. The highest BCUT2D eigenvalue weighted by Crippen LogP contribution is 2.26. The molecule has 7 nitrogen and oxygen atoms in total. The Balaban J connectivity index is 2.67. The number of carboxylic acid groups (broad SMARTS) is 1. The van der Waals surface area contributed by atoms with Gasteiger partial charge in [-0.2, -0.15) is 5.26 Å². The summed E-state index contributed by atoms with van der Waals surface area (Å²) >= 11 is 0. The second kappa shape index (κ2) is 8.52. The summed E-state index contributed by atoms with van der Waals surface area (Å²) in [5.41, 5.74) is 0.792. The largest absolute Gasteiger partial charge is 0.489 e. The average Bonchev–Trinajstić information content (AvgIpc) is 2.44. The van der Waals surface area contributed by atoms with Crippen molar-refractivity contribution < 1.29 is 19.4 Å². The Morgan fingerprint density at radius 2 is 2.14 bits per heavy atom. The minimum atomic E-state index is -0.906. The number of rotatable bonds is 7. The predicted molar refractivity (Wildman–Crippen MR) is 80.8 cm³/mol. The zero-order valence-corrected chi connectivity index (χ0v) is 12.5. The van der Waals surface area contributed by atoms with Crippen molar-refractivity contribution in [3.05, 3.63) is 23.8 Å².